The third kappa shape index (κ3) is 5.20. The molecule has 0 spiro atoms. The standard InChI is InChI=1S/C14H18O3/c1-3-4-10-17-13-7-5-6-12(11-13)8-9-14(15)16-2/h5-9,11H,3-4,10H2,1-2H3/b9-8-. The molecule has 1 aromatic rings. The maximum atomic E-state index is 10.9. The van der Waals surface area contributed by atoms with Crippen LogP contribution in [-0.4, -0.2) is 19.7 Å². The largest absolute Gasteiger partial charge is 0.494 e. The van der Waals surface area contributed by atoms with E-state index in [2.05, 4.69) is 11.7 Å². The van der Waals surface area contributed by atoms with E-state index in [1.54, 1.807) is 6.08 Å². The summed E-state index contributed by atoms with van der Waals surface area (Å²) in [5.74, 6) is 0.466. The van der Waals surface area contributed by atoms with Gasteiger partial charge in [0.25, 0.3) is 0 Å². The van der Waals surface area contributed by atoms with Gasteiger partial charge in [-0.2, -0.15) is 0 Å². The molecule has 1 rings (SSSR count). The van der Waals surface area contributed by atoms with Crippen LogP contribution in [0.25, 0.3) is 6.08 Å². The zero-order chi connectivity index (χ0) is 12.5. The van der Waals surface area contributed by atoms with Crippen LogP contribution >= 0.6 is 0 Å². The molecule has 0 aromatic heterocycles. The molecule has 0 N–H and O–H groups in total. The Hall–Kier alpha value is -1.77. The van der Waals surface area contributed by atoms with Gasteiger partial charge in [-0.15, -0.1) is 0 Å². The maximum absolute atomic E-state index is 10.9. The average molecular weight is 234 g/mol. The molecule has 0 fully saturated rings. The minimum Gasteiger partial charge on any atom is -0.494 e. The van der Waals surface area contributed by atoms with E-state index in [0.717, 1.165) is 30.8 Å². The molecule has 0 heterocycles. The van der Waals surface area contributed by atoms with Gasteiger partial charge in [-0.3, -0.25) is 0 Å². The highest BCUT2D eigenvalue weighted by Gasteiger charge is 1.96. The van der Waals surface area contributed by atoms with Crippen molar-refractivity contribution in [3.63, 3.8) is 0 Å². The first-order valence-corrected chi connectivity index (χ1v) is 5.75. The number of benzene rings is 1. The summed E-state index contributed by atoms with van der Waals surface area (Å²) in [6.45, 7) is 2.85. The van der Waals surface area contributed by atoms with Gasteiger partial charge in [0.2, 0.25) is 0 Å². The maximum Gasteiger partial charge on any atom is 0.330 e. The molecule has 3 heteroatoms. The first-order chi connectivity index (χ1) is 8.26. The third-order valence-corrected chi connectivity index (χ3v) is 2.24. The normalized spacial score (nSPS) is 10.5. The summed E-state index contributed by atoms with van der Waals surface area (Å²) in [4.78, 5) is 10.9. The summed E-state index contributed by atoms with van der Waals surface area (Å²) in [6, 6.07) is 7.62. The van der Waals surface area contributed by atoms with E-state index in [4.69, 9.17) is 4.74 Å². The molecule has 0 unspecified atom stereocenters. The summed E-state index contributed by atoms with van der Waals surface area (Å²) in [5.41, 5.74) is 0.921. The van der Waals surface area contributed by atoms with Gasteiger partial charge in [0.1, 0.15) is 5.75 Å². The second-order valence-electron chi connectivity index (χ2n) is 3.63. The lowest BCUT2D eigenvalue weighted by molar-refractivity contribution is -0.134. The van der Waals surface area contributed by atoms with E-state index < -0.39 is 0 Å². The molecule has 0 aliphatic rings. The van der Waals surface area contributed by atoms with Crippen molar-refractivity contribution in [2.45, 2.75) is 19.8 Å². The van der Waals surface area contributed by atoms with Crippen LogP contribution in [0.2, 0.25) is 0 Å². The van der Waals surface area contributed by atoms with Crippen LogP contribution in [0.5, 0.6) is 5.75 Å². The van der Waals surface area contributed by atoms with E-state index in [1.165, 1.54) is 13.2 Å². The second-order valence-corrected chi connectivity index (χ2v) is 3.63. The van der Waals surface area contributed by atoms with Gasteiger partial charge in [0.05, 0.1) is 13.7 Å². The van der Waals surface area contributed by atoms with Crippen LogP contribution in [0, 0.1) is 0 Å². The number of unbranched alkanes of at least 4 members (excludes halogenated alkanes) is 1. The highest BCUT2D eigenvalue weighted by atomic mass is 16.5. The van der Waals surface area contributed by atoms with Gasteiger partial charge < -0.3 is 9.47 Å². The molecule has 1 aromatic carbocycles. The summed E-state index contributed by atoms with van der Waals surface area (Å²) in [5, 5.41) is 0. The predicted octanol–water partition coefficient (Wildman–Crippen LogP) is 3.05. The van der Waals surface area contributed by atoms with Gasteiger partial charge in [0, 0.05) is 6.08 Å². The molecule has 0 bridgehead atoms. The minimum atomic E-state index is -0.359. The minimum absolute atomic E-state index is 0.359. The van der Waals surface area contributed by atoms with Gasteiger partial charge >= 0.3 is 5.97 Å². The lowest BCUT2D eigenvalue weighted by Crippen LogP contribution is -1.96. The lowest BCUT2D eigenvalue weighted by Gasteiger charge is -2.05. The monoisotopic (exact) mass is 234 g/mol. The van der Waals surface area contributed by atoms with Crippen LogP contribution < -0.4 is 4.74 Å². The third-order valence-electron chi connectivity index (χ3n) is 2.24. The number of ether oxygens (including phenoxy) is 2. The Morgan fingerprint density at radius 2 is 2.24 bits per heavy atom. The molecule has 0 atom stereocenters. The van der Waals surface area contributed by atoms with Crippen molar-refractivity contribution in [1.29, 1.82) is 0 Å². The zero-order valence-electron chi connectivity index (χ0n) is 10.3. The van der Waals surface area contributed by atoms with Gasteiger partial charge in [-0.1, -0.05) is 25.5 Å². The van der Waals surface area contributed by atoms with Crippen LogP contribution in [0.4, 0.5) is 0 Å². The summed E-state index contributed by atoms with van der Waals surface area (Å²) in [6.07, 6.45) is 5.26. The first-order valence-electron chi connectivity index (χ1n) is 5.75. The zero-order valence-corrected chi connectivity index (χ0v) is 10.3. The van der Waals surface area contributed by atoms with Crippen molar-refractivity contribution in [2.75, 3.05) is 13.7 Å². The van der Waals surface area contributed by atoms with Crippen molar-refractivity contribution in [3.05, 3.63) is 35.9 Å². The molecule has 17 heavy (non-hydrogen) atoms. The predicted molar refractivity (Wildman–Crippen MR) is 67.9 cm³/mol. The fraction of sp³-hybridized carbons (Fsp3) is 0.357. The van der Waals surface area contributed by atoms with E-state index in [-0.39, 0.29) is 5.97 Å². The number of methoxy groups -OCH3 is 1. The number of hydrogen-bond acceptors (Lipinski definition) is 3. The molecule has 0 aliphatic carbocycles. The number of rotatable bonds is 6. The van der Waals surface area contributed by atoms with Crippen LogP contribution in [0.15, 0.2) is 30.3 Å². The number of carbonyl (C=O) groups is 1. The Bertz CT molecular complexity index is 383. The second kappa shape index (κ2) is 7.49. The number of hydrogen-bond donors (Lipinski definition) is 0. The van der Waals surface area contributed by atoms with Crippen molar-refractivity contribution in [2.24, 2.45) is 0 Å². The summed E-state index contributed by atoms with van der Waals surface area (Å²) in [7, 11) is 1.36. The number of esters is 1. The van der Waals surface area contributed by atoms with Crippen molar-refractivity contribution in [3.8, 4) is 5.75 Å². The Balaban J connectivity index is 2.59. The molecule has 0 saturated heterocycles. The summed E-state index contributed by atoms with van der Waals surface area (Å²) < 4.78 is 10.1. The van der Waals surface area contributed by atoms with E-state index >= 15 is 0 Å². The topological polar surface area (TPSA) is 35.5 Å². The first kappa shape index (κ1) is 13.3. The van der Waals surface area contributed by atoms with E-state index in [9.17, 15) is 4.79 Å². The van der Waals surface area contributed by atoms with Crippen molar-refractivity contribution < 1.29 is 14.3 Å². The molecular weight excluding hydrogens is 216 g/mol. The molecular formula is C14H18O3. The number of carbonyl (C=O) groups excluding carboxylic acids is 1. The molecule has 0 radical (unpaired) electrons. The Morgan fingerprint density at radius 1 is 1.41 bits per heavy atom. The Kier molecular flexibility index (Phi) is 5.86. The van der Waals surface area contributed by atoms with Crippen LogP contribution in [0.3, 0.4) is 0 Å². The van der Waals surface area contributed by atoms with Crippen LogP contribution in [-0.2, 0) is 9.53 Å². The fourth-order valence-electron chi connectivity index (χ4n) is 1.27. The molecule has 0 amide bonds. The quantitative estimate of drug-likeness (QED) is 0.431. The lowest BCUT2D eigenvalue weighted by atomic mass is 10.2. The average Bonchev–Trinajstić information content (AvgIpc) is 2.37. The Morgan fingerprint density at radius 3 is 2.94 bits per heavy atom. The molecule has 92 valence electrons. The van der Waals surface area contributed by atoms with E-state index in [1.807, 2.05) is 24.3 Å². The highest BCUT2D eigenvalue weighted by molar-refractivity contribution is 5.86. The summed E-state index contributed by atoms with van der Waals surface area (Å²) >= 11 is 0. The van der Waals surface area contributed by atoms with Gasteiger partial charge in [-0.25, -0.2) is 4.79 Å². The molecule has 0 aliphatic heterocycles. The Labute approximate surface area is 102 Å². The van der Waals surface area contributed by atoms with Crippen molar-refractivity contribution >= 4 is 12.0 Å². The van der Waals surface area contributed by atoms with Crippen molar-refractivity contribution in [1.82, 2.24) is 0 Å². The molecule has 0 saturated carbocycles. The van der Waals surface area contributed by atoms with Gasteiger partial charge in [0.15, 0.2) is 0 Å². The smallest absolute Gasteiger partial charge is 0.330 e. The van der Waals surface area contributed by atoms with Gasteiger partial charge in [-0.05, 0) is 30.2 Å². The molecule has 3 nitrogen and oxygen atoms in total. The highest BCUT2D eigenvalue weighted by Crippen LogP contribution is 2.14. The SMILES string of the molecule is CCCCOc1cccc(/C=C\C(=O)OC)c1. The van der Waals surface area contributed by atoms with Crippen LogP contribution in [0.1, 0.15) is 25.3 Å². The van der Waals surface area contributed by atoms with E-state index in [0.29, 0.717) is 0 Å². The fourth-order valence-corrected chi connectivity index (χ4v) is 1.27.